The zero-order chi connectivity index (χ0) is 21.8. The molecule has 2 fully saturated rings. The molecule has 1 aliphatic carbocycles. The van der Waals surface area contributed by atoms with Gasteiger partial charge in [0.2, 0.25) is 15.9 Å². The zero-order valence-corrected chi connectivity index (χ0v) is 17.9. The lowest BCUT2D eigenvalue weighted by Crippen LogP contribution is -2.52. The van der Waals surface area contributed by atoms with Gasteiger partial charge in [-0.25, -0.2) is 13.2 Å². The van der Waals surface area contributed by atoms with Crippen molar-refractivity contribution in [1.29, 1.82) is 5.26 Å². The van der Waals surface area contributed by atoms with Gasteiger partial charge in [0.05, 0.1) is 23.6 Å². The van der Waals surface area contributed by atoms with E-state index < -0.39 is 21.5 Å². The van der Waals surface area contributed by atoms with Crippen molar-refractivity contribution in [1.82, 2.24) is 9.62 Å². The second-order valence-electron chi connectivity index (χ2n) is 7.91. The zero-order valence-electron chi connectivity index (χ0n) is 17.1. The summed E-state index contributed by atoms with van der Waals surface area (Å²) in [5.74, 6) is -1.22. The Hall–Kier alpha value is -2.44. The molecule has 0 aromatic heterocycles. The van der Waals surface area contributed by atoms with Crippen molar-refractivity contribution in [2.24, 2.45) is 5.92 Å². The maximum absolute atomic E-state index is 13.1. The molecule has 1 saturated heterocycles. The predicted molar refractivity (Wildman–Crippen MR) is 109 cm³/mol. The molecule has 1 saturated carbocycles. The lowest BCUT2D eigenvalue weighted by molar-refractivity contribution is -0.127. The van der Waals surface area contributed by atoms with Crippen LogP contribution in [0.5, 0.6) is 0 Å². The maximum atomic E-state index is 13.1. The van der Waals surface area contributed by atoms with Crippen LogP contribution in [0.2, 0.25) is 0 Å². The first-order valence-corrected chi connectivity index (χ1v) is 11.7. The van der Waals surface area contributed by atoms with Crippen LogP contribution in [0.25, 0.3) is 0 Å². The fourth-order valence-electron chi connectivity index (χ4n) is 4.23. The lowest BCUT2D eigenvalue weighted by Gasteiger charge is -2.35. The van der Waals surface area contributed by atoms with E-state index in [-0.39, 0.29) is 35.4 Å². The van der Waals surface area contributed by atoms with Crippen molar-refractivity contribution >= 4 is 21.9 Å². The predicted octanol–water partition coefficient (Wildman–Crippen LogP) is 2.22. The van der Waals surface area contributed by atoms with Gasteiger partial charge in [0.1, 0.15) is 5.54 Å². The summed E-state index contributed by atoms with van der Waals surface area (Å²) in [6, 6.07) is 8.23. The van der Waals surface area contributed by atoms with E-state index in [1.54, 1.807) is 12.1 Å². The number of hydrogen-bond donors (Lipinski definition) is 1. The SMILES string of the molecule is COC(=O)c1ccccc1S(=O)(=O)N1CCC(C(=O)NC2(C#N)CCCCC2)CC1. The minimum absolute atomic E-state index is 0.00636. The monoisotopic (exact) mass is 433 g/mol. The van der Waals surface area contributed by atoms with E-state index in [1.165, 1.54) is 23.5 Å². The van der Waals surface area contributed by atoms with Gasteiger partial charge in [-0.05, 0) is 37.8 Å². The topological polar surface area (TPSA) is 117 Å². The number of nitrogens with one attached hydrogen (secondary N) is 1. The molecule has 1 aromatic carbocycles. The van der Waals surface area contributed by atoms with Gasteiger partial charge in [0.15, 0.2) is 0 Å². The molecular formula is C21H27N3O5S. The fourth-order valence-corrected chi connectivity index (χ4v) is 5.88. The minimum atomic E-state index is -3.89. The van der Waals surface area contributed by atoms with Gasteiger partial charge in [-0.2, -0.15) is 9.57 Å². The molecule has 0 spiro atoms. The van der Waals surface area contributed by atoms with Crippen LogP contribution in [0.4, 0.5) is 0 Å². The van der Waals surface area contributed by atoms with Gasteiger partial charge < -0.3 is 10.1 Å². The molecule has 1 N–H and O–H groups in total. The summed E-state index contributed by atoms with van der Waals surface area (Å²) in [4.78, 5) is 24.6. The second-order valence-corrected chi connectivity index (χ2v) is 9.82. The van der Waals surface area contributed by atoms with Gasteiger partial charge in [-0.15, -0.1) is 0 Å². The molecule has 0 radical (unpaired) electrons. The number of benzene rings is 1. The summed E-state index contributed by atoms with van der Waals surface area (Å²) >= 11 is 0. The molecule has 2 aliphatic rings. The van der Waals surface area contributed by atoms with E-state index in [4.69, 9.17) is 4.74 Å². The molecule has 0 bridgehead atoms. The van der Waals surface area contributed by atoms with Gasteiger partial charge in [0.25, 0.3) is 0 Å². The Morgan fingerprint density at radius 2 is 1.80 bits per heavy atom. The summed E-state index contributed by atoms with van der Waals surface area (Å²) in [6.07, 6.45) is 4.97. The number of sulfonamides is 1. The Kier molecular flexibility index (Phi) is 6.78. The van der Waals surface area contributed by atoms with Crippen molar-refractivity contribution < 1.29 is 22.7 Å². The Morgan fingerprint density at radius 3 is 2.40 bits per heavy atom. The highest BCUT2D eigenvalue weighted by molar-refractivity contribution is 7.89. The van der Waals surface area contributed by atoms with Crippen molar-refractivity contribution in [2.45, 2.75) is 55.4 Å². The van der Waals surface area contributed by atoms with Crippen molar-refractivity contribution in [2.75, 3.05) is 20.2 Å². The standard InChI is InChI=1S/C21H27N3O5S/c1-29-20(26)17-7-3-4-8-18(17)30(27,28)24-13-9-16(10-14-24)19(25)23-21(15-22)11-5-2-6-12-21/h3-4,7-8,16H,2,5-6,9-14H2,1H3,(H,23,25). The van der Waals surface area contributed by atoms with Crippen LogP contribution in [0.15, 0.2) is 29.2 Å². The fraction of sp³-hybridized carbons (Fsp3) is 0.571. The van der Waals surface area contributed by atoms with E-state index in [0.717, 1.165) is 19.3 Å². The Morgan fingerprint density at radius 1 is 1.17 bits per heavy atom. The summed E-state index contributed by atoms with van der Waals surface area (Å²) in [6.45, 7) is 0.352. The van der Waals surface area contributed by atoms with Gasteiger partial charge in [-0.3, -0.25) is 4.79 Å². The number of carbonyl (C=O) groups excluding carboxylic acids is 2. The molecule has 0 atom stereocenters. The van der Waals surface area contributed by atoms with Crippen molar-refractivity contribution in [3.8, 4) is 6.07 Å². The first-order chi connectivity index (χ1) is 14.3. The summed E-state index contributed by atoms with van der Waals surface area (Å²) < 4.78 is 32.2. The van der Waals surface area contributed by atoms with Crippen LogP contribution >= 0.6 is 0 Å². The highest BCUT2D eigenvalue weighted by Gasteiger charge is 2.38. The summed E-state index contributed by atoms with van der Waals surface area (Å²) in [5.41, 5.74) is -0.800. The van der Waals surface area contributed by atoms with E-state index in [9.17, 15) is 23.3 Å². The molecule has 1 amide bonds. The number of ether oxygens (including phenoxy) is 1. The van der Waals surface area contributed by atoms with Crippen LogP contribution < -0.4 is 5.32 Å². The van der Waals surface area contributed by atoms with E-state index >= 15 is 0 Å². The van der Waals surface area contributed by atoms with E-state index in [1.807, 2.05) is 0 Å². The number of nitrogens with zero attached hydrogens (tertiary/aromatic N) is 2. The smallest absolute Gasteiger partial charge is 0.339 e. The third-order valence-electron chi connectivity index (χ3n) is 6.02. The number of hydrogen-bond acceptors (Lipinski definition) is 6. The van der Waals surface area contributed by atoms with Gasteiger partial charge >= 0.3 is 5.97 Å². The number of amides is 1. The van der Waals surface area contributed by atoms with Crippen LogP contribution in [0.1, 0.15) is 55.3 Å². The lowest BCUT2D eigenvalue weighted by atomic mass is 9.82. The number of carbonyl (C=O) groups is 2. The molecule has 162 valence electrons. The average Bonchev–Trinajstić information content (AvgIpc) is 2.79. The van der Waals surface area contributed by atoms with Crippen molar-refractivity contribution in [3.05, 3.63) is 29.8 Å². The minimum Gasteiger partial charge on any atom is -0.465 e. The first kappa shape index (κ1) is 22.2. The van der Waals surface area contributed by atoms with Crippen LogP contribution in [-0.4, -0.2) is 50.3 Å². The Bertz CT molecular complexity index is 940. The largest absolute Gasteiger partial charge is 0.465 e. The third kappa shape index (κ3) is 4.50. The molecule has 1 heterocycles. The molecule has 3 rings (SSSR count). The molecule has 30 heavy (non-hydrogen) atoms. The number of nitriles is 1. The number of esters is 1. The molecule has 8 nitrogen and oxygen atoms in total. The second kappa shape index (κ2) is 9.14. The third-order valence-corrected chi connectivity index (χ3v) is 7.98. The number of methoxy groups -OCH3 is 1. The van der Waals surface area contributed by atoms with Gasteiger partial charge in [0, 0.05) is 19.0 Å². The van der Waals surface area contributed by atoms with Crippen LogP contribution in [0.3, 0.4) is 0 Å². The molecule has 1 aliphatic heterocycles. The highest BCUT2D eigenvalue weighted by Crippen LogP contribution is 2.30. The van der Waals surface area contributed by atoms with Gasteiger partial charge in [-0.1, -0.05) is 31.4 Å². The van der Waals surface area contributed by atoms with Crippen LogP contribution in [-0.2, 0) is 19.6 Å². The highest BCUT2D eigenvalue weighted by atomic mass is 32.2. The van der Waals surface area contributed by atoms with Crippen molar-refractivity contribution in [3.63, 3.8) is 0 Å². The quantitative estimate of drug-likeness (QED) is 0.712. The molecule has 0 unspecified atom stereocenters. The number of rotatable bonds is 5. The summed E-state index contributed by atoms with van der Waals surface area (Å²) in [5, 5.41) is 12.5. The van der Waals surface area contributed by atoms with E-state index in [2.05, 4.69) is 11.4 Å². The molecule has 1 aromatic rings. The summed E-state index contributed by atoms with van der Waals surface area (Å²) in [7, 11) is -2.69. The first-order valence-electron chi connectivity index (χ1n) is 10.2. The normalized spacial score (nSPS) is 20.1. The van der Waals surface area contributed by atoms with Crippen LogP contribution in [0, 0.1) is 17.2 Å². The maximum Gasteiger partial charge on any atom is 0.339 e. The number of piperidine rings is 1. The molecule has 9 heteroatoms. The Labute approximate surface area is 177 Å². The molecular weight excluding hydrogens is 406 g/mol. The average molecular weight is 434 g/mol. The Balaban J connectivity index is 1.67. The van der Waals surface area contributed by atoms with E-state index in [0.29, 0.717) is 25.7 Å².